The Morgan fingerprint density at radius 3 is 2.79 bits per heavy atom. The molecule has 0 bridgehead atoms. The van der Waals surface area contributed by atoms with E-state index in [1.165, 1.54) is 18.4 Å². The highest BCUT2D eigenvalue weighted by Gasteiger charge is 2.33. The second-order valence-corrected chi connectivity index (χ2v) is 8.75. The Labute approximate surface area is 174 Å². The van der Waals surface area contributed by atoms with Gasteiger partial charge in [-0.15, -0.1) is 0 Å². The number of rotatable bonds is 4. The number of fused-ring (bicyclic) bond motifs is 1. The molecule has 0 saturated heterocycles. The van der Waals surface area contributed by atoms with Crippen LogP contribution in [0.4, 0.5) is 5.69 Å². The van der Waals surface area contributed by atoms with Gasteiger partial charge in [-0.05, 0) is 67.6 Å². The third-order valence-electron chi connectivity index (χ3n) is 5.44. The van der Waals surface area contributed by atoms with Crippen LogP contribution in [-0.4, -0.2) is 31.8 Å². The summed E-state index contributed by atoms with van der Waals surface area (Å²) >= 11 is 3.37. The van der Waals surface area contributed by atoms with E-state index in [0.717, 1.165) is 16.5 Å². The van der Waals surface area contributed by atoms with Crippen molar-refractivity contribution in [3.63, 3.8) is 0 Å². The second kappa shape index (κ2) is 7.95. The van der Waals surface area contributed by atoms with E-state index in [-0.39, 0.29) is 11.4 Å². The predicted molar refractivity (Wildman–Crippen MR) is 118 cm³/mol. The molecule has 28 heavy (non-hydrogen) atoms. The average molecular weight is 444 g/mol. The number of ether oxygens (including phenoxy) is 1. The number of hydrogen-bond acceptors (Lipinski definition) is 4. The zero-order valence-electron chi connectivity index (χ0n) is 16.9. The van der Waals surface area contributed by atoms with Crippen molar-refractivity contribution in [2.75, 3.05) is 19.1 Å². The maximum atomic E-state index is 12.4. The van der Waals surface area contributed by atoms with Gasteiger partial charge in [-0.25, -0.2) is 5.43 Å². The lowest BCUT2D eigenvalue weighted by molar-refractivity contribution is 0.0952. The predicted octanol–water partition coefficient (Wildman–Crippen LogP) is 4.94. The summed E-state index contributed by atoms with van der Waals surface area (Å²) < 4.78 is 6.05. The summed E-state index contributed by atoms with van der Waals surface area (Å²) in [4.78, 5) is 14.8. The van der Waals surface area contributed by atoms with E-state index in [4.69, 9.17) is 4.74 Å². The molecule has 5 nitrogen and oxygen atoms in total. The number of nitrogens with zero attached hydrogens (tertiary/aromatic N) is 2. The SMILES string of the molecule is COc1ccc(Br)cc1C(=O)N/N=C/c1ccc2c(c1)C(C)CC(C)(C)N2C. The molecule has 1 amide bonds. The standard InChI is InChI=1S/C22H26BrN3O2/c1-14-12-22(2,3)26(4)19-8-6-15(10-17(14)19)13-24-25-21(27)18-11-16(23)7-9-20(18)28-5/h6-11,13-14H,12H2,1-5H3,(H,25,27)/b24-13+. The summed E-state index contributed by atoms with van der Waals surface area (Å²) in [5.74, 6) is 0.654. The first kappa shape index (κ1) is 20.4. The number of halogens is 1. The number of anilines is 1. The highest BCUT2D eigenvalue weighted by Crippen LogP contribution is 2.42. The second-order valence-electron chi connectivity index (χ2n) is 7.84. The molecule has 1 heterocycles. The number of benzene rings is 2. The lowest BCUT2D eigenvalue weighted by atomic mass is 9.80. The molecule has 0 aromatic heterocycles. The van der Waals surface area contributed by atoms with Crippen LogP contribution in [0.2, 0.25) is 0 Å². The molecule has 1 N–H and O–H groups in total. The Hall–Kier alpha value is -2.34. The number of amides is 1. The van der Waals surface area contributed by atoms with E-state index in [0.29, 0.717) is 17.2 Å². The van der Waals surface area contributed by atoms with Gasteiger partial charge in [0.05, 0.1) is 18.9 Å². The molecule has 1 aliphatic heterocycles. The monoisotopic (exact) mass is 443 g/mol. The normalized spacial score (nSPS) is 18.1. The third kappa shape index (κ3) is 4.07. The smallest absolute Gasteiger partial charge is 0.275 e. The summed E-state index contributed by atoms with van der Waals surface area (Å²) in [7, 11) is 3.68. The summed E-state index contributed by atoms with van der Waals surface area (Å²) in [6.07, 6.45) is 2.77. The van der Waals surface area contributed by atoms with E-state index in [2.05, 4.69) is 71.3 Å². The van der Waals surface area contributed by atoms with Gasteiger partial charge in [0.1, 0.15) is 5.75 Å². The fraction of sp³-hybridized carbons (Fsp3) is 0.364. The minimum absolute atomic E-state index is 0.138. The first-order valence-corrected chi connectivity index (χ1v) is 10.1. The fourth-order valence-corrected chi connectivity index (χ4v) is 4.12. The number of carbonyl (C=O) groups excluding carboxylic acids is 1. The lowest BCUT2D eigenvalue weighted by Crippen LogP contribution is -2.45. The molecule has 0 fully saturated rings. The summed E-state index contributed by atoms with van der Waals surface area (Å²) in [6.45, 7) is 6.80. The Kier molecular flexibility index (Phi) is 5.79. The van der Waals surface area contributed by atoms with Gasteiger partial charge in [0, 0.05) is 22.7 Å². The topological polar surface area (TPSA) is 53.9 Å². The molecule has 2 aromatic rings. The van der Waals surface area contributed by atoms with E-state index >= 15 is 0 Å². The number of hydrazone groups is 1. The van der Waals surface area contributed by atoms with E-state index in [9.17, 15) is 4.79 Å². The van der Waals surface area contributed by atoms with Gasteiger partial charge in [-0.1, -0.05) is 28.9 Å². The van der Waals surface area contributed by atoms with Crippen molar-refractivity contribution in [2.45, 2.75) is 38.6 Å². The molecule has 148 valence electrons. The Morgan fingerprint density at radius 2 is 2.07 bits per heavy atom. The zero-order valence-corrected chi connectivity index (χ0v) is 18.5. The Bertz CT molecular complexity index is 924. The number of carbonyl (C=O) groups is 1. The van der Waals surface area contributed by atoms with Crippen molar-refractivity contribution in [3.8, 4) is 5.75 Å². The molecule has 0 radical (unpaired) electrons. The third-order valence-corrected chi connectivity index (χ3v) is 5.94. The zero-order chi connectivity index (χ0) is 20.5. The highest BCUT2D eigenvalue weighted by atomic mass is 79.9. The van der Waals surface area contributed by atoms with Gasteiger partial charge < -0.3 is 9.64 Å². The summed E-state index contributed by atoms with van der Waals surface area (Å²) in [6, 6.07) is 11.6. The Balaban J connectivity index is 1.77. The molecule has 0 spiro atoms. The molecule has 1 atom stereocenters. The van der Waals surface area contributed by atoms with E-state index in [1.54, 1.807) is 18.3 Å². The first-order chi connectivity index (χ1) is 13.2. The van der Waals surface area contributed by atoms with Gasteiger partial charge in [-0.3, -0.25) is 4.79 Å². The van der Waals surface area contributed by atoms with Crippen molar-refractivity contribution in [2.24, 2.45) is 5.10 Å². The van der Waals surface area contributed by atoms with Crippen LogP contribution in [0.3, 0.4) is 0 Å². The van der Waals surface area contributed by atoms with Crippen molar-refractivity contribution < 1.29 is 9.53 Å². The van der Waals surface area contributed by atoms with Gasteiger partial charge in [-0.2, -0.15) is 5.10 Å². The van der Waals surface area contributed by atoms with Crippen LogP contribution >= 0.6 is 15.9 Å². The molecule has 0 aliphatic carbocycles. The van der Waals surface area contributed by atoms with Crippen LogP contribution in [0.5, 0.6) is 5.75 Å². The summed E-state index contributed by atoms with van der Waals surface area (Å²) in [5, 5.41) is 4.14. The fourth-order valence-electron chi connectivity index (χ4n) is 3.76. The minimum atomic E-state index is -0.317. The quantitative estimate of drug-likeness (QED) is 0.537. The van der Waals surface area contributed by atoms with Gasteiger partial charge in [0.2, 0.25) is 0 Å². The van der Waals surface area contributed by atoms with Crippen LogP contribution in [0.25, 0.3) is 0 Å². The molecule has 6 heteroatoms. The van der Waals surface area contributed by atoms with Gasteiger partial charge in [0.15, 0.2) is 0 Å². The molecular formula is C22H26BrN3O2. The molecular weight excluding hydrogens is 418 g/mol. The maximum absolute atomic E-state index is 12.4. The maximum Gasteiger partial charge on any atom is 0.275 e. The largest absolute Gasteiger partial charge is 0.496 e. The molecule has 1 aliphatic rings. The van der Waals surface area contributed by atoms with E-state index in [1.807, 2.05) is 12.1 Å². The van der Waals surface area contributed by atoms with Crippen LogP contribution in [-0.2, 0) is 0 Å². The molecule has 0 saturated carbocycles. The van der Waals surface area contributed by atoms with Crippen LogP contribution in [0.15, 0.2) is 46.0 Å². The van der Waals surface area contributed by atoms with Crippen molar-refractivity contribution in [3.05, 3.63) is 57.6 Å². The highest BCUT2D eigenvalue weighted by molar-refractivity contribution is 9.10. The molecule has 3 rings (SSSR count). The number of hydrogen-bond donors (Lipinski definition) is 1. The van der Waals surface area contributed by atoms with Crippen molar-refractivity contribution in [1.29, 1.82) is 0 Å². The molecule has 2 aromatic carbocycles. The van der Waals surface area contributed by atoms with Gasteiger partial charge >= 0.3 is 0 Å². The molecule has 1 unspecified atom stereocenters. The Morgan fingerprint density at radius 1 is 1.32 bits per heavy atom. The first-order valence-electron chi connectivity index (χ1n) is 9.27. The van der Waals surface area contributed by atoms with Gasteiger partial charge in [0.25, 0.3) is 5.91 Å². The van der Waals surface area contributed by atoms with Crippen LogP contribution in [0, 0.1) is 0 Å². The minimum Gasteiger partial charge on any atom is -0.496 e. The van der Waals surface area contributed by atoms with E-state index < -0.39 is 0 Å². The number of methoxy groups -OCH3 is 1. The lowest BCUT2D eigenvalue weighted by Gasteiger charge is -2.45. The number of nitrogens with one attached hydrogen (secondary N) is 1. The van der Waals surface area contributed by atoms with Crippen molar-refractivity contribution in [1.82, 2.24) is 5.43 Å². The van der Waals surface area contributed by atoms with Crippen LogP contribution < -0.4 is 15.1 Å². The van der Waals surface area contributed by atoms with Crippen LogP contribution in [0.1, 0.15) is 54.6 Å². The average Bonchev–Trinajstić information content (AvgIpc) is 2.66. The summed E-state index contributed by atoms with van der Waals surface area (Å²) in [5.41, 5.74) is 6.67. The van der Waals surface area contributed by atoms with Crippen molar-refractivity contribution >= 4 is 33.7 Å².